The van der Waals surface area contributed by atoms with Crippen LogP contribution < -0.4 is 0 Å². The number of carboxylic acid groups (broad SMARTS) is 1. The number of sulfone groups is 1. The molecular weight excluding hydrogens is 442 g/mol. The number of hydrogen-bond donors (Lipinski definition) is 1. The predicted octanol–water partition coefficient (Wildman–Crippen LogP) is 3.67. The van der Waals surface area contributed by atoms with Gasteiger partial charge in [-0.2, -0.15) is 0 Å². The van der Waals surface area contributed by atoms with Crippen LogP contribution in [0.5, 0.6) is 0 Å². The normalized spacial score (nSPS) is 13.4. The van der Waals surface area contributed by atoms with Gasteiger partial charge in [-0.05, 0) is 60.2 Å². The van der Waals surface area contributed by atoms with Gasteiger partial charge in [0.2, 0.25) is 9.84 Å². The monoisotopic (exact) mass is 455 g/mol. The minimum absolute atomic E-state index is 0.00203. The lowest BCUT2D eigenvalue weighted by molar-refractivity contribution is 0.0639. The van der Waals surface area contributed by atoms with Crippen molar-refractivity contribution in [3.8, 4) is 0 Å². The lowest BCUT2D eigenvalue weighted by Crippen LogP contribution is -2.29. The fraction of sp³-hybridized carbons (Fsp3) is 0.0455. The van der Waals surface area contributed by atoms with E-state index in [0.717, 1.165) is 4.90 Å². The molecule has 0 saturated carbocycles. The summed E-state index contributed by atoms with van der Waals surface area (Å²) in [5.74, 6) is -2.27. The summed E-state index contributed by atoms with van der Waals surface area (Å²) in [4.78, 5) is 37.3. The predicted molar refractivity (Wildman–Crippen MR) is 111 cm³/mol. The molecule has 1 aliphatic rings. The second-order valence-electron chi connectivity index (χ2n) is 6.86. The van der Waals surface area contributed by atoms with Crippen molar-refractivity contribution in [3.63, 3.8) is 0 Å². The maximum atomic E-state index is 12.9. The highest BCUT2D eigenvalue weighted by Gasteiger charge is 2.36. The molecule has 0 atom stereocenters. The van der Waals surface area contributed by atoms with Crippen molar-refractivity contribution >= 4 is 39.2 Å². The van der Waals surface area contributed by atoms with Crippen LogP contribution >= 0.6 is 11.6 Å². The van der Waals surface area contributed by atoms with E-state index in [-0.39, 0.29) is 33.0 Å². The SMILES string of the molecule is O=C(O)c1ccc(S(=O)(=O)c2ccc3c(c2)C(=O)N(Cc2ccc(Cl)cc2)C3=O)cc1. The summed E-state index contributed by atoms with van der Waals surface area (Å²) in [6.45, 7) is 0.0300. The minimum Gasteiger partial charge on any atom is -0.478 e. The maximum absolute atomic E-state index is 12.9. The van der Waals surface area contributed by atoms with E-state index in [1.165, 1.54) is 42.5 Å². The number of carboxylic acids is 1. The van der Waals surface area contributed by atoms with Crippen LogP contribution in [0.4, 0.5) is 0 Å². The number of imide groups is 1. The standard InChI is InChI=1S/C22H14ClNO6S/c23-15-5-1-13(2-6-15)12-24-20(25)18-10-9-17(11-19(18)21(24)26)31(29,30)16-7-3-14(4-8-16)22(27)28/h1-11H,12H2,(H,27,28). The van der Waals surface area contributed by atoms with Crippen LogP contribution in [0.2, 0.25) is 5.02 Å². The summed E-state index contributed by atoms with van der Waals surface area (Å²) in [6.07, 6.45) is 0. The summed E-state index contributed by atoms with van der Waals surface area (Å²) >= 11 is 5.86. The first-order valence-corrected chi connectivity index (χ1v) is 10.9. The van der Waals surface area contributed by atoms with Crippen LogP contribution in [0, 0.1) is 0 Å². The third kappa shape index (κ3) is 3.71. The van der Waals surface area contributed by atoms with E-state index in [9.17, 15) is 22.8 Å². The van der Waals surface area contributed by atoms with Crippen molar-refractivity contribution in [3.05, 3.63) is 94.0 Å². The Kier molecular flexibility index (Phi) is 5.12. The second kappa shape index (κ2) is 7.64. The Morgan fingerprint density at radius 2 is 1.42 bits per heavy atom. The molecule has 0 spiro atoms. The Balaban J connectivity index is 1.66. The number of hydrogen-bond acceptors (Lipinski definition) is 5. The molecule has 7 nitrogen and oxygen atoms in total. The largest absolute Gasteiger partial charge is 0.478 e. The van der Waals surface area contributed by atoms with Crippen molar-refractivity contribution in [1.82, 2.24) is 4.90 Å². The zero-order valence-electron chi connectivity index (χ0n) is 15.8. The van der Waals surface area contributed by atoms with E-state index in [1.54, 1.807) is 24.3 Å². The molecule has 2 amide bonds. The van der Waals surface area contributed by atoms with Gasteiger partial charge in [0.15, 0.2) is 0 Å². The van der Waals surface area contributed by atoms with E-state index < -0.39 is 27.6 Å². The molecule has 3 aromatic carbocycles. The second-order valence-corrected chi connectivity index (χ2v) is 9.25. The molecule has 0 bridgehead atoms. The molecular formula is C22H14ClNO6S. The van der Waals surface area contributed by atoms with Gasteiger partial charge in [-0.25, -0.2) is 13.2 Å². The Labute approximate surface area is 182 Å². The van der Waals surface area contributed by atoms with Crippen molar-refractivity contribution in [2.75, 3.05) is 0 Å². The van der Waals surface area contributed by atoms with Gasteiger partial charge in [-0.15, -0.1) is 0 Å². The average molecular weight is 456 g/mol. The molecule has 31 heavy (non-hydrogen) atoms. The number of benzene rings is 3. The molecule has 0 fully saturated rings. The third-order valence-electron chi connectivity index (χ3n) is 4.92. The van der Waals surface area contributed by atoms with Crippen molar-refractivity contribution in [1.29, 1.82) is 0 Å². The lowest BCUT2D eigenvalue weighted by Gasteiger charge is -2.13. The van der Waals surface area contributed by atoms with Crippen LogP contribution in [0.3, 0.4) is 0 Å². The molecule has 4 rings (SSSR count). The van der Waals surface area contributed by atoms with Gasteiger partial charge in [-0.3, -0.25) is 14.5 Å². The number of halogens is 1. The van der Waals surface area contributed by atoms with E-state index >= 15 is 0 Å². The molecule has 0 radical (unpaired) electrons. The van der Waals surface area contributed by atoms with E-state index in [0.29, 0.717) is 10.6 Å². The summed E-state index contributed by atoms with van der Waals surface area (Å²) in [5, 5.41) is 9.49. The summed E-state index contributed by atoms with van der Waals surface area (Å²) in [7, 11) is -4.01. The molecule has 0 aromatic heterocycles. The van der Waals surface area contributed by atoms with Crippen molar-refractivity contribution in [2.45, 2.75) is 16.3 Å². The summed E-state index contributed by atoms with van der Waals surface area (Å²) in [5.41, 5.74) is 0.776. The van der Waals surface area contributed by atoms with Crippen LogP contribution in [-0.2, 0) is 16.4 Å². The molecule has 9 heteroatoms. The minimum atomic E-state index is -4.01. The fourth-order valence-corrected chi connectivity index (χ4v) is 4.68. The number of amides is 2. The Bertz CT molecular complexity index is 1330. The molecule has 0 aliphatic carbocycles. The highest BCUT2D eigenvalue weighted by Crippen LogP contribution is 2.29. The molecule has 1 aliphatic heterocycles. The Morgan fingerprint density at radius 1 is 0.839 bits per heavy atom. The smallest absolute Gasteiger partial charge is 0.335 e. The van der Waals surface area contributed by atoms with Gasteiger partial charge in [-0.1, -0.05) is 23.7 Å². The van der Waals surface area contributed by atoms with E-state index in [2.05, 4.69) is 0 Å². The first-order chi connectivity index (χ1) is 14.7. The number of carbonyl (C=O) groups is 3. The fourth-order valence-electron chi connectivity index (χ4n) is 3.27. The molecule has 1 heterocycles. The number of rotatable bonds is 5. The van der Waals surface area contributed by atoms with Gasteiger partial charge < -0.3 is 5.11 Å². The topological polar surface area (TPSA) is 109 Å². The highest BCUT2D eigenvalue weighted by atomic mass is 35.5. The van der Waals surface area contributed by atoms with Gasteiger partial charge in [0.25, 0.3) is 11.8 Å². The van der Waals surface area contributed by atoms with Crippen LogP contribution in [0.1, 0.15) is 36.6 Å². The summed E-state index contributed by atoms with van der Waals surface area (Å²) in [6, 6.07) is 15.2. The first-order valence-electron chi connectivity index (χ1n) is 9.01. The van der Waals surface area contributed by atoms with Crippen LogP contribution in [-0.4, -0.2) is 36.2 Å². The van der Waals surface area contributed by atoms with Gasteiger partial charge in [0.05, 0.1) is 33.0 Å². The number of fused-ring (bicyclic) bond motifs is 1. The van der Waals surface area contributed by atoms with Gasteiger partial charge in [0.1, 0.15) is 0 Å². The molecule has 0 saturated heterocycles. The van der Waals surface area contributed by atoms with E-state index in [4.69, 9.17) is 16.7 Å². The lowest BCUT2D eigenvalue weighted by atomic mass is 10.1. The van der Waals surface area contributed by atoms with Gasteiger partial charge in [0, 0.05) is 5.02 Å². The van der Waals surface area contributed by atoms with Crippen molar-refractivity contribution in [2.24, 2.45) is 0 Å². The van der Waals surface area contributed by atoms with Gasteiger partial charge >= 0.3 is 5.97 Å². The number of aromatic carboxylic acids is 1. The molecule has 156 valence electrons. The number of nitrogens with zero attached hydrogens (tertiary/aromatic N) is 1. The Hall–Kier alpha value is -3.49. The molecule has 3 aromatic rings. The highest BCUT2D eigenvalue weighted by molar-refractivity contribution is 7.91. The van der Waals surface area contributed by atoms with Crippen molar-refractivity contribution < 1.29 is 27.9 Å². The zero-order valence-corrected chi connectivity index (χ0v) is 17.4. The average Bonchev–Trinajstić information content (AvgIpc) is 2.99. The maximum Gasteiger partial charge on any atom is 0.335 e. The quantitative estimate of drug-likeness (QED) is 0.588. The van der Waals surface area contributed by atoms with Crippen LogP contribution in [0.15, 0.2) is 76.5 Å². The molecule has 1 N–H and O–H groups in total. The first kappa shape index (κ1) is 20.8. The van der Waals surface area contributed by atoms with Crippen LogP contribution in [0.25, 0.3) is 0 Å². The number of carbonyl (C=O) groups excluding carboxylic acids is 2. The van der Waals surface area contributed by atoms with E-state index in [1.807, 2.05) is 0 Å². The third-order valence-corrected chi connectivity index (χ3v) is 6.94. The molecule has 0 unspecified atom stereocenters. The zero-order chi connectivity index (χ0) is 22.3. The summed E-state index contributed by atoms with van der Waals surface area (Å²) < 4.78 is 25.9. The Morgan fingerprint density at radius 3 is 2.03 bits per heavy atom.